The van der Waals surface area contributed by atoms with E-state index in [1.165, 1.54) is 13.2 Å². The third-order valence-corrected chi connectivity index (χ3v) is 4.33. The Morgan fingerprint density at radius 3 is 2.65 bits per heavy atom. The number of rotatable bonds is 3. The number of aliphatic imine (C=N–C) groups is 1. The van der Waals surface area contributed by atoms with E-state index in [1.54, 1.807) is 11.0 Å². The summed E-state index contributed by atoms with van der Waals surface area (Å²) in [6.45, 7) is 0. The maximum atomic E-state index is 12.1. The predicted molar refractivity (Wildman–Crippen MR) is 86.3 cm³/mol. The van der Waals surface area contributed by atoms with Crippen LogP contribution in [-0.4, -0.2) is 34.8 Å². The number of halogens is 1. The summed E-state index contributed by atoms with van der Waals surface area (Å²) in [5.74, 6) is -0.391. The van der Waals surface area contributed by atoms with Gasteiger partial charge in [-0.2, -0.15) is 0 Å². The van der Waals surface area contributed by atoms with Crippen molar-refractivity contribution in [2.45, 2.75) is 12.1 Å². The molecular weight excluding hydrogens is 366 g/mol. The molecule has 2 heterocycles. The summed E-state index contributed by atoms with van der Waals surface area (Å²) < 4.78 is 5.43. The Bertz CT molecular complexity index is 757. The highest BCUT2D eigenvalue weighted by molar-refractivity contribution is 9.11. The Labute approximate surface area is 140 Å². The number of carbonyl (C=O) groups is 1. The highest BCUT2D eigenvalue weighted by atomic mass is 79.9. The number of nitro groups is 1. The van der Waals surface area contributed by atoms with Crippen molar-refractivity contribution in [2.75, 3.05) is 7.11 Å². The third-order valence-electron chi connectivity index (χ3n) is 3.69. The molecule has 2 aliphatic heterocycles. The van der Waals surface area contributed by atoms with Crippen LogP contribution in [0.15, 0.2) is 57.8 Å². The van der Waals surface area contributed by atoms with E-state index in [2.05, 4.69) is 20.9 Å². The number of carbonyl (C=O) groups excluding carboxylic acids is 1. The number of nitrogens with zero attached hydrogens (tertiary/aromatic N) is 3. The van der Waals surface area contributed by atoms with E-state index in [9.17, 15) is 14.9 Å². The van der Waals surface area contributed by atoms with Gasteiger partial charge in [-0.05, 0) is 27.6 Å². The minimum atomic E-state index is -0.875. The highest BCUT2D eigenvalue weighted by Crippen LogP contribution is 2.40. The number of hydrogen-bond donors (Lipinski definition) is 0. The molecule has 8 heteroatoms. The van der Waals surface area contributed by atoms with Crippen molar-refractivity contribution in [1.82, 2.24) is 4.90 Å². The molecule has 0 saturated heterocycles. The lowest BCUT2D eigenvalue weighted by Crippen LogP contribution is -2.37. The van der Waals surface area contributed by atoms with Crippen molar-refractivity contribution in [3.63, 3.8) is 0 Å². The summed E-state index contributed by atoms with van der Waals surface area (Å²) in [4.78, 5) is 28.8. The molecule has 23 heavy (non-hydrogen) atoms. The van der Waals surface area contributed by atoms with Gasteiger partial charge in [0.1, 0.15) is 0 Å². The Hall–Kier alpha value is -2.48. The monoisotopic (exact) mass is 377 g/mol. The van der Waals surface area contributed by atoms with Crippen LogP contribution in [0, 0.1) is 10.1 Å². The first kappa shape index (κ1) is 15.4. The SMILES string of the molecule is COC(=O)[C@@H]1N=C2C([N+](=O)[O-])=CC=C(Br)N2[C@H]1c1ccccc1. The number of hydrogen-bond acceptors (Lipinski definition) is 6. The van der Waals surface area contributed by atoms with Crippen molar-refractivity contribution in [2.24, 2.45) is 4.99 Å². The minimum absolute atomic E-state index is 0.147. The Kier molecular flexibility index (Phi) is 3.99. The number of amidine groups is 1. The zero-order chi connectivity index (χ0) is 16.6. The van der Waals surface area contributed by atoms with Crippen molar-refractivity contribution in [3.05, 3.63) is 68.5 Å². The van der Waals surface area contributed by atoms with Crippen LogP contribution in [-0.2, 0) is 9.53 Å². The van der Waals surface area contributed by atoms with Crippen LogP contribution in [0.3, 0.4) is 0 Å². The molecule has 0 spiro atoms. The molecule has 0 aliphatic carbocycles. The van der Waals surface area contributed by atoms with Gasteiger partial charge in [-0.1, -0.05) is 30.3 Å². The van der Waals surface area contributed by atoms with Gasteiger partial charge >= 0.3 is 11.7 Å². The first-order valence-corrected chi connectivity index (χ1v) is 7.56. The second-order valence-corrected chi connectivity index (χ2v) is 5.76. The van der Waals surface area contributed by atoms with Gasteiger partial charge in [0.15, 0.2) is 6.04 Å². The van der Waals surface area contributed by atoms with Crippen LogP contribution >= 0.6 is 15.9 Å². The van der Waals surface area contributed by atoms with Gasteiger partial charge < -0.3 is 9.64 Å². The van der Waals surface area contributed by atoms with E-state index in [-0.39, 0.29) is 11.5 Å². The molecule has 2 atom stereocenters. The van der Waals surface area contributed by atoms with Crippen LogP contribution in [0.5, 0.6) is 0 Å². The summed E-state index contributed by atoms with van der Waals surface area (Å²) in [5, 5.41) is 11.3. The quantitative estimate of drug-likeness (QED) is 0.349. The van der Waals surface area contributed by atoms with E-state index in [0.717, 1.165) is 5.56 Å². The Morgan fingerprint density at radius 2 is 2.04 bits per heavy atom. The molecule has 2 aliphatic rings. The lowest BCUT2D eigenvalue weighted by atomic mass is 9.99. The average Bonchev–Trinajstić information content (AvgIpc) is 2.96. The van der Waals surface area contributed by atoms with E-state index in [4.69, 9.17) is 4.74 Å². The van der Waals surface area contributed by atoms with E-state index < -0.39 is 23.0 Å². The topological polar surface area (TPSA) is 85.0 Å². The smallest absolute Gasteiger partial charge is 0.333 e. The fourth-order valence-corrected chi connectivity index (χ4v) is 3.21. The fraction of sp³-hybridized carbons (Fsp3) is 0.200. The van der Waals surface area contributed by atoms with Gasteiger partial charge in [-0.15, -0.1) is 0 Å². The molecule has 0 N–H and O–H groups in total. The molecule has 0 aromatic heterocycles. The van der Waals surface area contributed by atoms with Crippen molar-refractivity contribution in [1.29, 1.82) is 0 Å². The number of allylic oxidation sites excluding steroid dienone is 2. The number of fused-ring (bicyclic) bond motifs is 1. The molecule has 7 nitrogen and oxygen atoms in total. The van der Waals surface area contributed by atoms with Gasteiger partial charge in [0.05, 0.1) is 22.7 Å². The standard InChI is InChI=1S/C15H12BrN3O4/c1-23-15(20)12-13(9-5-3-2-4-6-9)18-11(16)8-7-10(19(21)22)14(18)17-12/h2-8,12-13H,1H3/t12-,13+/m1/s1. The molecule has 1 aromatic carbocycles. The summed E-state index contributed by atoms with van der Waals surface area (Å²) in [5.41, 5.74) is 0.664. The second kappa shape index (κ2) is 5.96. The summed E-state index contributed by atoms with van der Waals surface area (Å²) in [6, 6.07) is 7.86. The molecule has 3 rings (SSSR count). The summed E-state index contributed by atoms with van der Waals surface area (Å²) in [6.07, 6.45) is 2.94. The molecule has 0 amide bonds. The molecule has 0 saturated carbocycles. The number of esters is 1. The maximum absolute atomic E-state index is 12.1. The van der Waals surface area contributed by atoms with Crippen molar-refractivity contribution >= 4 is 27.7 Å². The average molecular weight is 378 g/mol. The second-order valence-electron chi connectivity index (χ2n) is 4.94. The van der Waals surface area contributed by atoms with Crippen molar-refractivity contribution < 1.29 is 14.5 Å². The first-order chi connectivity index (χ1) is 11.0. The summed E-state index contributed by atoms with van der Waals surface area (Å²) >= 11 is 3.40. The molecule has 118 valence electrons. The van der Waals surface area contributed by atoms with E-state index >= 15 is 0 Å². The van der Waals surface area contributed by atoms with Gasteiger partial charge in [0, 0.05) is 6.08 Å². The lowest BCUT2D eigenvalue weighted by molar-refractivity contribution is -0.416. The maximum Gasteiger partial charge on any atom is 0.333 e. The third kappa shape index (κ3) is 2.55. The molecule has 0 unspecified atom stereocenters. The molecule has 0 bridgehead atoms. The number of ether oxygens (including phenoxy) is 1. The lowest BCUT2D eigenvalue weighted by Gasteiger charge is -2.30. The zero-order valence-corrected chi connectivity index (χ0v) is 13.6. The first-order valence-electron chi connectivity index (χ1n) is 6.76. The van der Waals surface area contributed by atoms with Crippen LogP contribution in [0.4, 0.5) is 0 Å². The van der Waals surface area contributed by atoms with Gasteiger partial charge in [0.25, 0.3) is 0 Å². The van der Waals surface area contributed by atoms with E-state index in [0.29, 0.717) is 4.61 Å². The normalized spacial score (nSPS) is 22.7. The fourth-order valence-electron chi connectivity index (χ4n) is 2.69. The predicted octanol–water partition coefficient (Wildman–Crippen LogP) is 2.39. The Balaban J connectivity index is 2.13. The Morgan fingerprint density at radius 1 is 1.35 bits per heavy atom. The van der Waals surface area contributed by atoms with Crippen LogP contribution in [0.2, 0.25) is 0 Å². The molecule has 0 radical (unpaired) electrons. The van der Waals surface area contributed by atoms with Crippen LogP contribution in [0.1, 0.15) is 11.6 Å². The van der Waals surface area contributed by atoms with Gasteiger partial charge in [-0.25, -0.2) is 9.79 Å². The van der Waals surface area contributed by atoms with Gasteiger partial charge in [0.2, 0.25) is 5.84 Å². The van der Waals surface area contributed by atoms with E-state index in [1.807, 2.05) is 30.3 Å². The number of benzene rings is 1. The van der Waals surface area contributed by atoms with Gasteiger partial charge in [-0.3, -0.25) is 10.1 Å². The van der Waals surface area contributed by atoms with Crippen LogP contribution in [0.25, 0.3) is 0 Å². The van der Waals surface area contributed by atoms with Crippen molar-refractivity contribution in [3.8, 4) is 0 Å². The molecule has 0 fully saturated rings. The summed E-state index contributed by atoms with van der Waals surface area (Å²) in [7, 11) is 1.27. The molecular formula is C15H12BrN3O4. The minimum Gasteiger partial charge on any atom is -0.467 e. The zero-order valence-electron chi connectivity index (χ0n) is 12.0. The van der Waals surface area contributed by atoms with Crippen LogP contribution < -0.4 is 0 Å². The number of methoxy groups -OCH3 is 1. The largest absolute Gasteiger partial charge is 0.467 e. The highest BCUT2D eigenvalue weighted by Gasteiger charge is 2.47. The molecule has 1 aromatic rings.